The highest BCUT2D eigenvalue weighted by atomic mass is 16.6. The number of carbonyl (C=O) groups excluding carboxylic acids is 1. The van der Waals surface area contributed by atoms with Crippen molar-refractivity contribution in [1.82, 2.24) is 9.55 Å². The number of ether oxygens (including phenoxy) is 1. The summed E-state index contributed by atoms with van der Waals surface area (Å²) in [4.78, 5) is 16.7. The van der Waals surface area contributed by atoms with E-state index < -0.39 is 5.60 Å². The van der Waals surface area contributed by atoms with Gasteiger partial charge in [-0.2, -0.15) is 0 Å². The molecule has 4 heteroatoms. The summed E-state index contributed by atoms with van der Waals surface area (Å²) in [6.07, 6.45) is 8.75. The van der Waals surface area contributed by atoms with E-state index in [0.29, 0.717) is 0 Å². The first-order valence-corrected chi connectivity index (χ1v) is 8.10. The highest BCUT2D eigenvalue weighted by Crippen LogP contribution is 2.22. The molecule has 0 saturated heterocycles. The molecule has 0 aliphatic carbocycles. The van der Waals surface area contributed by atoms with Crippen LogP contribution in [0.3, 0.4) is 0 Å². The van der Waals surface area contributed by atoms with E-state index >= 15 is 0 Å². The Morgan fingerprint density at radius 1 is 1.27 bits per heavy atom. The third-order valence-corrected chi connectivity index (χ3v) is 3.55. The van der Waals surface area contributed by atoms with Crippen LogP contribution in [0.25, 0.3) is 10.9 Å². The summed E-state index contributed by atoms with van der Waals surface area (Å²) in [5.74, 6) is 0. The van der Waals surface area contributed by atoms with Crippen molar-refractivity contribution in [3.8, 4) is 0 Å². The highest BCUT2D eigenvalue weighted by Gasteiger charge is 2.21. The van der Waals surface area contributed by atoms with E-state index in [-0.39, 0.29) is 6.09 Å². The van der Waals surface area contributed by atoms with Gasteiger partial charge in [-0.05, 0) is 45.7 Å². The fraction of sp³-hybridized carbons (Fsp3) is 0.556. The first-order chi connectivity index (χ1) is 10.4. The van der Waals surface area contributed by atoms with Gasteiger partial charge in [0.25, 0.3) is 0 Å². The molecular weight excluding hydrogens is 276 g/mol. The van der Waals surface area contributed by atoms with Crippen molar-refractivity contribution in [2.45, 2.75) is 65.4 Å². The Labute approximate surface area is 132 Å². The van der Waals surface area contributed by atoms with Crippen molar-refractivity contribution in [1.29, 1.82) is 0 Å². The number of rotatable bonds is 5. The summed E-state index contributed by atoms with van der Waals surface area (Å²) in [6, 6.07) is 4.01. The molecule has 0 N–H and O–H groups in total. The maximum atomic E-state index is 12.6. The third kappa shape index (κ3) is 4.09. The van der Waals surface area contributed by atoms with Gasteiger partial charge in [0.1, 0.15) is 5.60 Å². The van der Waals surface area contributed by atoms with Crippen LogP contribution in [0.4, 0.5) is 4.79 Å². The number of aromatic nitrogens is 2. The molecule has 0 saturated carbocycles. The Kier molecular flexibility index (Phi) is 5.22. The van der Waals surface area contributed by atoms with Gasteiger partial charge >= 0.3 is 6.09 Å². The monoisotopic (exact) mass is 302 g/mol. The average molecular weight is 302 g/mol. The van der Waals surface area contributed by atoms with Crippen LogP contribution in [0.5, 0.6) is 0 Å². The molecule has 0 fully saturated rings. The first-order valence-electron chi connectivity index (χ1n) is 8.10. The Hall–Kier alpha value is -1.84. The molecule has 0 spiro atoms. The van der Waals surface area contributed by atoms with Crippen LogP contribution >= 0.6 is 0 Å². The fourth-order valence-corrected chi connectivity index (χ4v) is 2.54. The molecule has 2 aromatic heterocycles. The predicted molar refractivity (Wildman–Crippen MR) is 89.2 cm³/mol. The van der Waals surface area contributed by atoms with Crippen LogP contribution in [-0.2, 0) is 11.2 Å². The van der Waals surface area contributed by atoms with Crippen molar-refractivity contribution < 1.29 is 9.53 Å². The minimum atomic E-state index is -0.505. The molecule has 2 heterocycles. The van der Waals surface area contributed by atoms with E-state index in [1.807, 2.05) is 26.8 Å². The number of hydrogen-bond acceptors (Lipinski definition) is 3. The van der Waals surface area contributed by atoms with Crippen LogP contribution in [0.1, 0.15) is 59.1 Å². The van der Waals surface area contributed by atoms with Gasteiger partial charge < -0.3 is 4.74 Å². The van der Waals surface area contributed by atoms with Crippen molar-refractivity contribution in [2.75, 3.05) is 0 Å². The smallest absolute Gasteiger partial charge is 0.419 e. The van der Waals surface area contributed by atoms with E-state index in [4.69, 9.17) is 4.74 Å². The number of pyridine rings is 1. The minimum Gasteiger partial charge on any atom is -0.443 e. The summed E-state index contributed by atoms with van der Waals surface area (Å²) in [6.45, 7) is 7.85. The quantitative estimate of drug-likeness (QED) is 0.735. The molecule has 0 unspecified atom stereocenters. The summed E-state index contributed by atoms with van der Waals surface area (Å²) < 4.78 is 7.23. The normalized spacial score (nSPS) is 11.8. The van der Waals surface area contributed by atoms with Gasteiger partial charge in [-0.25, -0.2) is 9.36 Å². The van der Waals surface area contributed by atoms with Gasteiger partial charge in [0.05, 0.1) is 11.7 Å². The lowest BCUT2D eigenvalue weighted by atomic mass is 10.1. The van der Waals surface area contributed by atoms with Crippen LogP contribution in [0, 0.1) is 0 Å². The summed E-state index contributed by atoms with van der Waals surface area (Å²) in [7, 11) is 0. The topological polar surface area (TPSA) is 44.1 Å². The molecule has 120 valence electrons. The lowest BCUT2D eigenvalue weighted by Crippen LogP contribution is -2.28. The number of nitrogens with zero attached hydrogens (tertiary/aromatic N) is 2. The molecule has 0 aliphatic heterocycles. The van der Waals surface area contributed by atoms with Gasteiger partial charge in [0.15, 0.2) is 0 Å². The second kappa shape index (κ2) is 6.95. The Balaban J connectivity index is 2.29. The number of hydrogen-bond donors (Lipinski definition) is 0. The SMILES string of the molecule is CCCCCCc1cc2ccncc2n1C(=O)OC(C)(C)C. The van der Waals surface area contributed by atoms with E-state index in [1.54, 1.807) is 17.0 Å². The molecule has 2 aromatic rings. The van der Waals surface area contributed by atoms with E-state index in [0.717, 1.165) is 29.4 Å². The largest absolute Gasteiger partial charge is 0.443 e. The minimum absolute atomic E-state index is 0.319. The molecule has 2 rings (SSSR count). The van der Waals surface area contributed by atoms with Crippen LogP contribution in [-0.4, -0.2) is 21.2 Å². The maximum Gasteiger partial charge on any atom is 0.419 e. The van der Waals surface area contributed by atoms with Gasteiger partial charge in [-0.1, -0.05) is 26.2 Å². The molecule has 0 atom stereocenters. The van der Waals surface area contributed by atoms with Gasteiger partial charge in [-0.3, -0.25) is 4.98 Å². The second-order valence-corrected chi connectivity index (χ2v) is 6.70. The molecule has 0 aliphatic rings. The lowest BCUT2D eigenvalue weighted by Gasteiger charge is -2.21. The lowest BCUT2D eigenvalue weighted by molar-refractivity contribution is 0.0540. The Bertz CT molecular complexity index is 638. The van der Waals surface area contributed by atoms with Crippen LogP contribution in [0.2, 0.25) is 0 Å². The number of aryl methyl sites for hydroxylation is 1. The summed E-state index contributed by atoms with van der Waals surface area (Å²) >= 11 is 0. The number of unbranched alkanes of at least 4 members (excludes halogenated alkanes) is 3. The Morgan fingerprint density at radius 2 is 2.05 bits per heavy atom. The third-order valence-electron chi connectivity index (χ3n) is 3.55. The molecule has 0 bridgehead atoms. The van der Waals surface area contributed by atoms with Gasteiger partial charge in [0.2, 0.25) is 0 Å². The first kappa shape index (κ1) is 16.5. The molecule has 0 radical (unpaired) electrons. The van der Waals surface area contributed by atoms with Crippen molar-refractivity contribution in [2.24, 2.45) is 0 Å². The zero-order valence-corrected chi connectivity index (χ0v) is 14.1. The Morgan fingerprint density at radius 3 is 2.73 bits per heavy atom. The van der Waals surface area contributed by atoms with Crippen LogP contribution in [0.15, 0.2) is 24.5 Å². The van der Waals surface area contributed by atoms with Crippen LogP contribution < -0.4 is 0 Å². The zero-order valence-electron chi connectivity index (χ0n) is 14.1. The van der Waals surface area contributed by atoms with Crippen molar-refractivity contribution in [3.05, 3.63) is 30.2 Å². The molecule has 0 amide bonds. The number of fused-ring (bicyclic) bond motifs is 1. The molecule has 0 aromatic carbocycles. The van der Waals surface area contributed by atoms with E-state index in [1.165, 1.54) is 19.3 Å². The van der Waals surface area contributed by atoms with Gasteiger partial charge in [-0.15, -0.1) is 0 Å². The maximum absolute atomic E-state index is 12.6. The standard InChI is InChI=1S/C18H26N2O2/c1-5-6-7-8-9-15-12-14-10-11-19-13-16(14)20(15)17(21)22-18(2,3)4/h10-13H,5-9H2,1-4H3. The summed E-state index contributed by atoms with van der Waals surface area (Å²) in [5, 5.41) is 1.03. The van der Waals surface area contributed by atoms with Gasteiger partial charge in [0, 0.05) is 17.3 Å². The van der Waals surface area contributed by atoms with E-state index in [9.17, 15) is 4.79 Å². The van der Waals surface area contributed by atoms with E-state index in [2.05, 4.69) is 18.0 Å². The highest BCUT2D eigenvalue weighted by molar-refractivity contribution is 5.90. The molecule has 22 heavy (non-hydrogen) atoms. The van der Waals surface area contributed by atoms with Crippen molar-refractivity contribution in [3.63, 3.8) is 0 Å². The summed E-state index contributed by atoms with van der Waals surface area (Å²) in [5.41, 5.74) is 1.32. The predicted octanol–water partition coefficient (Wildman–Crippen LogP) is 4.94. The second-order valence-electron chi connectivity index (χ2n) is 6.70. The number of carbonyl (C=O) groups is 1. The molecule has 4 nitrogen and oxygen atoms in total. The fourth-order valence-electron chi connectivity index (χ4n) is 2.54. The average Bonchev–Trinajstić information content (AvgIpc) is 2.80. The zero-order chi connectivity index (χ0) is 16.2. The van der Waals surface area contributed by atoms with Crippen molar-refractivity contribution >= 4 is 17.0 Å². The molecular formula is C18H26N2O2.